The number of aromatic nitrogens is 3. The minimum absolute atomic E-state index is 0.0798. The monoisotopic (exact) mass is 394 g/mol. The first kappa shape index (κ1) is 18.6. The Balaban J connectivity index is 1.38. The summed E-state index contributed by atoms with van der Waals surface area (Å²) in [6.07, 6.45) is 5.32. The van der Waals surface area contributed by atoms with Gasteiger partial charge in [-0.2, -0.15) is 0 Å². The van der Waals surface area contributed by atoms with Gasteiger partial charge in [0.1, 0.15) is 11.5 Å². The van der Waals surface area contributed by atoms with Crippen molar-refractivity contribution in [2.45, 2.75) is 26.2 Å². The van der Waals surface area contributed by atoms with Crippen LogP contribution in [0.15, 0.2) is 36.5 Å². The second-order valence-corrected chi connectivity index (χ2v) is 8.09. The van der Waals surface area contributed by atoms with Crippen LogP contribution in [-0.2, 0) is 6.42 Å². The van der Waals surface area contributed by atoms with E-state index in [2.05, 4.69) is 32.0 Å². The van der Waals surface area contributed by atoms with Crippen LogP contribution in [-0.4, -0.2) is 39.4 Å². The van der Waals surface area contributed by atoms with Gasteiger partial charge in [0.05, 0.1) is 10.6 Å². The molecule has 0 atom stereocenters. The van der Waals surface area contributed by atoms with E-state index in [4.69, 9.17) is 0 Å². The number of piperidine rings is 1. The summed E-state index contributed by atoms with van der Waals surface area (Å²) in [4.78, 5) is 27.8. The number of carbonyl (C=O) groups excluding carboxylic acids is 1. The molecule has 0 bridgehead atoms. The molecule has 1 fully saturated rings. The number of hydrogen-bond donors (Lipinski definition) is 1. The van der Waals surface area contributed by atoms with E-state index >= 15 is 0 Å². The third kappa shape index (κ3) is 3.89. The van der Waals surface area contributed by atoms with Gasteiger partial charge in [-0.15, -0.1) is 0 Å². The van der Waals surface area contributed by atoms with Gasteiger partial charge in [-0.05, 0) is 31.2 Å². The van der Waals surface area contributed by atoms with Gasteiger partial charge in [-0.3, -0.25) is 4.79 Å². The van der Waals surface area contributed by atoms with Crippen LogP contribution < -0.4 is 4.90 Å². The zero-order valence-corrected chi connectivity index (χ0v) is 16.5. The molecule has 0 aliphatic carbocycles. The van der Waals surface area contributed by atoms with Gasteiger partial charge in [0.2, 0.25) is 0 Å². The average molecular weight is 395 g/mol. The van der Waals surface area contributed by atoms with E-state index in [1.54, 1.807) is 18.3 Å². The van der Waals surface area contributed by atoms with Crippen LogP contribution in [0.4, 0.5) is 5.13 Å². The van der Waals surface area contributed by atoms with Crippen molar-refractivity contribution in [3.63, 3.8) is 0 Å². The lowest BCUT2D eigenvalue weighted by Gasteiger charge is -2.31. The predicted molar refractivity (Wildman–Crippen MR) is 110 cm³/mol. The Bertz CT molecular complexity index is 966. The molecule has 6 nitrogen and oxygen atoms in total. The van der Waals surface area contributed by atoms with Gasteiger partial charge in [0, 0.05) is 25.7 Å². The Morgan fingerprint density at radius 3 is 2.68 bits per heavy atom. The fraction of sp³-hybridized carbons (Fsp3) is 0.333. The highest BCUT2D eigenvalue weighted by Gasteiger charge is 2.23. The lowest BCUT2D eigenvalue weighted by molar-refractivity contribution is 0.111. The molecule has 0 amide bonds. The quantitative estimate of drug-likeness (QED) is 0.662. The molecule has 144 valence electrons. The standard InChI is InChI=1S/C21H22N4O2S/c1-14-20(27)17(13-26)24-19(23-14)11-15-7-9-25(10-8-15)21-22-12-18(28-21)16-5-3-2-4-6-16/h2-6,12-13,15,27H,7-11H2,1H3. The SMILES string of the molecule is Cc1nc(CC2CCN(c3ncc(-c4ccccc4)s3)CC2)nc(C=O)c1O. The first-order chi connectivity index (χ1) is 13.6. The van der Waals surface area contributed by atoms with Crippen molar-refractivity contribution in [2.24, 2.45) is 5.92 Å². The summed E-state index contributed by atoms with van der Waals surface area (Å²) in [6, 6.07) is 10.3. The maximum atomic E-state index is 11.1. The Morgan fingerprint density at radius 1 is 1.21 bits per heavy atom. The predicted octanol–water partition coefficient (Wildman–Crippen LogP) is 3.89. The van der Waals surface area contributed by atoms with Gasteiger partial charge < -0.3 is 10.0 Å². The van der Waals surface area contributed by atoms with Crippen LogP contribution in [0.2, 0.25) is 0 Å². The normalized spacial score (nSPS) is 15.0. The van der Waals surface area contributed by atoms with E-state index in [1.807, 2.05) is 24.4 Å². The van der Waals surface area contributed by atoms with Crippen LogP contribution in [0, 0.1) is 12.8 Å². The van der Waals surface area contributed by atoms with Crippen LogP contribution in [0.25, 0.3) is 10.4 Å². The molecule has 1 N–H and O–H groups in total. The molecule has 2 aromatic heterocycles. The van der Waals surface area contributed by atoms with Gasteiger partial charge >= 0.3 is 0 Å². The van der Waals surface area contributed by atoms with E-state index in [9.17, 15) is 9.90 Å². The number of aryl methyl sites for hydroxylation is 1. The Kier molecular flexibility index (Phi) is 5.34. The molecular formula is C21H22N4O2S. The molecule has 3 aromatic rings. The molecule has 0 saturated carbocycles. The molecule has 1 saturated heterocycles. The van der Waals surface area contributed by atoms with Crippen LogP contribution in [0.5, 0.6) is 5.75 Å². The zero-order valence-electron chi connectivity index (χ0n) is 15.7. The maximum Gasteiger partial charge on any atom is 0.185 e. The second kappa shape index (κ2) is 8.06. The Hall–Kier alpha value is -2.80. The highest BCUT2D eigenvalue weighted by atomic mass is 32.1. The summed E-state index contributed by atoms with van der Waals surface area (Å²) >= 11 is 1.73. The highest BCUT2D eigenvalue weighted by Crippen LogP contribution is 2.33. The molecule has 7 heteroatoms. The third-order valence-corrected chi connectivity index (χ3v) is 6.26. The van der Waals surface area contributed by atoms with Gasteiger partial charge in [0.25, 0.3) is 0 Å². The Morgan fingerprint density at radius 2 is 1.96 bits per heavy atom. The van der Waals surface area contributed by atoms with E-state index in [-0.39, 0.29) is 11.4 Å². The first-order valence-electron chi connectivity index (χ1n) is 9.42. The number of nitrogens with zero attached hydrogens (tertiary/aromatic N) is 4. The molecule has 0 unspecified atom stereocenters. The molecule has 0 spiro atoms. The minimum Gasteiger partial charge on any atom is -0.504 e. The number of aromatic hydroxyl groups is 1. The first-order valence-corrected chi connectivity index (χ1v) is 10.2. The van der Waals surface area contributed by atoms with Gasteiger partial charge in [0.15, 0.2) is 17.2 Å². The number of benzene rings is 1. The van der Waals surface area contributed by atoms with E-state index in [0.717, 1.165) is 37.5 Å². The second-order valence-electron chi connectivity index (χ2n) is 7.08. The highest BCUT2D eigenvalue weighted by molar-refractivity contribution is 7.18. The van der Waals surface area contributed by atoms with Crippen LogP contribution in [0.3, 0.4) is 0 Å². The molecule has 1 aromatic carbocycles. The van der Waals surface area contributed by atoms with Crippen LogP contribution in [0.1, 0.15) is 34.8 Å². The van der Waals surface area contributed by atoms with E-state index in [1.165, 1.54) is 10.4 Å². The summed E-state index contributed by atoms with van der Waals surface area (Å²) < 4.78 is 0. The fourth-order valence-corrected chi connectivity index (χ4v) is 4.53. The zero-order chi connectivity index (χ0) is 19.5. The summed E-state index contributed by atoms with van der Waals surface area (Å²) in [5, 5.41) is 10.9. The van der Waals surface area contributed by atoms with Crippen molar-refractivity contribution in [3.8, 4) is 16.2 Å². The largest absolute Gasteiger partial charge is 0.504 e. The summed E-state index contributed by atoms with van der Waals surface area (Å²) in [6.45, 7) is 3.59. The smallest absolute Gasteiger partial charge is 0.185 e. The van der Waals surface area contributed by atoms with Gasteiger partial charge in [-0.25, -0.2) is 15.0 Å². The number of hydrogen-bond acceptors (Lipinski definition) is 7. The molecule has 4 rings (SSSR count). The number of carbonyl (C=O) groups is 1. The molecular weight excluding hydrogens is 372 g/mol. The molecule has 28 heavy (non-hydrogen) atoms. The summed E-state index contributed by atoms with van der Waals surface area (Å²) in [7, 11) is 0. The van der Waals surface area contributed by atoms with Crippen molar-refractivity contribution in [2.75, 3.05) is 18.0 Å². The van der Waals surface area contributed by atoms with Crippen molar-refractivity contribution < 1.29 is 9.90 Å². The molecule has 0 radical (unpaired) electrons. The van der Waals surface area contributed by atoms with Crippen molar-refractivity contribution >= 4 is 22.8 Å². The van der Waals surface area contributed by atoms with Crippen molar-refractivity contribution in [1.29, 1.82) is 0 Å². The average Bonchev–Trinajstić information content (AvgIpc) is 3.22. The molecule has 1 aliphatic rings. The third-order valence-electron chi connectivity index (χ3n) is 5.15. The summed E-state index contributed by atoms with van der Waals surface area (Å²) in [5.74, 6) is 0.983. The van der Waals surface area contributed by atoms with Crippen molar-refractivity contribution in [1.82, 2.24) is 15.0 Å². The molecule has 1 aliphatic heterocycles. The number of thiazole rings is 1. The van der Waals surface area contributed by atoms with E-state index in [0.29, 0.717) is 23.7 Å². The number of rotatable bonds is 5. The molecule has 3 heterocycles. The fourth-order valence-electron chi connectivity index (χ4n) is 3.56. The maximum absolute atomic E-state index is 11.1. The van der Waals surface area contributed by atoms with E-state index < -0.39 is 0 Å². The van der Waals surface area contributed by atoms with Crippen molar-refractivity contribution in [3.05, 3.63) is 53.7 Å². The number of aldehydes is 1. The van der Waals surface area contributed by atoms with Gasteiger partial charge in [-0.1, -0.05) is 41.7 Å². The topological polar surface area (TPSA) is 79.2 Å². The minimum atomic E-state index is -0.119. The lowest BCUT2D eigenvalue weighted by atomic mass is 9.93. The number of anilines is 1. The lowest BCUT2D eigenvalue weighted by Crippen LogP contribution is -2.34. The summed E-state index contributed by atoms with van der Waals surface area (Å²) in [5.41, 5.74) is 1.74. The van der Waals surface area contributed by atoms with Crippen LogP contribution >= 0.6 is 11.3 Å². The Labute approximate surface area is 167 Å².